The number of nitrogens with zero attached hydrogens (tertiary/aromatic N) is 2. The van der Waals surface area contributed by atoms with Crippen molar-refractivity contribution in [1.82, 2.24) is 15.2 Å². The first kappa shape index (κ1) is 27.1. The highest BCUT2D eigenvalue weighted by Gasteiger charge is 2.28. The fourth-order valence-corrected chi connectivity index (χ4v) is 5.33. The zero-order chi connectivity index (χ0) is 25.7. The number of ether oxygens (including phenoxy) is 1. The minimum Gasteiger partial charge on any atom is -0.482 e. The number of rotatable bonds is 9. The number of aromatic nitrogens is 1. The number of carbonyl (C=O) groups is 1. The fourth-order valence-electron chi connectivity index (χ4n) is 5.12. The summed E-state index contributed by atoms with van der Waals surface area (Å²) in [5, 5.41) is 3.42. The first-order valence-electron chi connectivity index (χ1n) is 12.5. The third kappa shape index (κ3) is 6.19. The van der Waals surface area contributed by atoms with Crippen molar-refractivity contribution in [3.63, 3.8) is 0 Å². The van der Waals surface area contributed by atoms with Crippen LogP contribution in [0.15, 0.2) is 23.0 Å². The summed E-state index contributed by atoms with van der Waals surface area (Å²) in [4.78, 5) is 33.6. The summed E-state index contributed by atoms with van der Waals surface area (Å²) < 4.78 is 5.37. The Labute approximate surface area is 213 Å². The van der Waals surface area contributed by atoms with Crippen molar-refractivity contribution < 1.29 is 9.53 Å². The van der Waals surface area contributed by atoms with Crippen LogP contribution in [0.25, 0.3) is 0 Å². The number of carbonyl (C=O) groups excluding carboxylic acids is 1. The molecular formula is C27H39ClN4O3. The molecular weight excluding hydrogens is 464 g/mol. The van der Waals surface area contributed by atoms with Gasteiger partial charge in [-0.05, 0) is 77.7 Å². The van der Waals surface area contributed by atoms with Crippen molar-refractivity contribution in [3.05, 3.63) is 55.8 Å². The topological polar surface area (TPSA) is 77.7 Å². The predicted octanol–water partition coefficient (Wildman–Crippen LogP) is 4.54. The van der Waals surface area contributed by atoms with E-state index in [1.165, 1.54) is 7.11 Å². The molecule has 35 heavy (non-hydrogen) atoms. The van der Waals surface area contributed by atoms with E-state index in [9.17, 15) is 9.59 Å². The van der Waals surface area contributed by atoms with E-state index in [0.717, 1.165) is 49.2 Å². The molecule has 0 unspecified atom stereocenters. The second-order valence-electron chi connectivity index (χ2n) is 9.52. The highest BCUT2D eigenvalue weighted by atomic mass is 35.5. The summed E-state index contributed by atoms with van der Waals surface area (Å²) in [5.41, 5.74) is 3.44. The molecule has 3 rings (SSSR count). The number of nitrogens with one attached hydrogen (secondary N) is 2. The maximum atomic E-state index is 13.2. The number of methoxy groups -OCH3 is 1. The second kappa shape index (κ2) is 12.0. The Hall–Kier alpha value is -2.51. The van der Waals surface area contributed by atoms with Gasteiger partial charge in [0.05, 0.1) is 19.2 Å². The number of hydrogen-bond donors (Lipinski definition) is 2. The molecule has 2 aromatic rings. The molecule has 1 amide bonds. The van der Waals surface area contributed by atoms with Crippen molar-refractivity contribution >= 4 is 23.2 Å². The molecule has 1 heterocycles. The summed E-state index contributed by atoms with van der Waals surface area (Å²) in [6.07, 6.45) is 5.23. The van der Waals surface area contributed by atoms with Gasteiger partial charge in [0, 0.05) is 46.7 Å². The van der Waals surface area contributed by atoms with Gasteiger partial charge in [0.2, 0.25) is 0 Å². The molecule has 1 aromatic heterocycles. The molecule has 0 spiro atoms. The summed E-state index contributed by atoms with van der Waals surface area (Å²) >= 11 is 6.51. The van der Waals surface area contributed by atoms with E-state index in [4.69, 9.17) is 16.3 Å². The number of anilines is 1. The van der Waals surface area contributed by atoms with Gasteiger partial charge in [0.25, 0.3) is 5.91 Å². The number of hydrogen-bond acceptors (Lipinski definition) is 5. The quantitative estimate of drug-likeness (QED) is 0.526. The van der Waals surface area contributed by atoms with E-state index in [0.29, 0.717) is 40.5 Å². The molecule has 192 valence electrons. The van der Waals surface area contributed by atoms with E-state index in [1.54, 1.807) is 12.1 Å². The van der Waals surface area contributed by atoms with Crippen molar-refractivity contribution in [2.24, 2.45) is 0 Å². The normalized spacial score (nSPS) is 17.9. The molecule has 1 aliphatic carbocycles. The standard InChI is InChI=1S/C27H39ClN4O3/c1-7-19-15-25(33)23(27(30-19)35-6)16-29-26(34)22-13-18(28)14-24(17(22)3)32(8-2)21-11-9-20(10-12-21)31(4)5/h13-15,20-21H,7-12,16H2,1-6H3,(H,29,34)(H,30,33)/t20-,21-. The molecule has 2 N–H and O–H groups in total. The second-order valence-corrected chi connectivity index (χ2v) is 9.95. The van der Waals surface area contributed by atoms with Gasteiger partial charge in [-0.1, -0.05) is 18.5 Å². The van der Waals surface area contributed by atoms with E-state index >= 15 is 0 Å². The molecule has 0 bridgehead atoms. The van der Waals surface area contributed by atoms with Crippen LogP contribution in [-0.2, 0) is 13.0 Å². The van der Waals surface area contributed by atoms with Gasteiger partial charge in [-0.15, -0.1) is 0 Å². The zero-order valence-corrected chi connectivity index (χ0v) is 22.6. The van der Waals surface area contributed by atoms with Gasteiger partial charge in [0.1, 0.15) is 0 Å². The Morgan fingerprint density at radius 2 is 1.80 bits per heavy atom. The number of halogens is 1. The molecule has 0 aliphatic heterocycles. The molecule has 1 saturated carbocycles. The summed E-state index contributed by atoms with van der Waals surface area (Å²) in [6.45, 7) is 6.98. The Balaban J connectivity index is 1.82. The molecule has 0 radical (unpaired) electrons. The molecule has 8 heteroatoms. The molecule has 7 nitrogen and oxygen atoms in total. The number of aromatic amines is 1. The lowest BCUT2D eigenvalue weighted by Crippen LogP contribution is -2.42. The van der Waals surface area contributed by atoms with Crippen LogP contribution in [0, 0.1) is 6.92 Å². The minimum atomic E-state index is -0.264. The highest BCUT2D eigenvalue weighted by molar-refractivity contribution is 6.31. The Kier molecular flexibility index (Phi) is 9.25. The molecule has 0 saturated heterocycles. The van der Waals surface area contributed by atoms with Crippen LogP contribution in [0.3, 0.4) is 0 Å². The van der Waals surface area contributed by atoms with Gasteiger partial charge >= 0.3 is 0 Å². The smallest absolute Gasteiger partial charge is 0.251 e. The van der Waals surface area contributed by atoms with Crippen molar-refractivity contribution in [1.29, 1.82) is 0 Å². The minimum absolute atomic E-state index is 0.0641. The lowest BCUT2D eigenvalue weighted by atomic mass is 9.89. The van der Waals surface area contributed by atoms with E-state index in [1.807, 2.05) is 19.9 Å². The number of H-pyrrole nitrogens is 1. The van der Waals surface area contributed by atoms with Gasteiger partial charge < -0.3 is 24.8 Å². The Morgan fingerprint density at radius 3 is 2.37 bits per heavy atom. The lowest BCUT2D eigenvalue weighted by molar-refractivity contribution is 0.0950. The van der Waals surface area contributed by atoms with Crippen LogP contribution in [0.2, 0.25) is 5.02 Å². The van der Waals surface area contributed by atoms with E-state index in [2.05, 4.69) is 41.1 Å². The predicted molar refractivity (Wildman–Crippen MR) is 143 cm³/mol. The fraction of sp³-hybridized carbons (Fsp3) is 0.556. The average Bonchev–Trinajstić information content (AvgIpc) is 2.85. The van der Waals surface area contributed by atoms with Crippen molar-refractivity contribution in [3.8, 4) is 5.88 Å². The molecule has 1 fully saturated rings. The largest absolute Gasteiger partial charge is 0.482 e. The SMILES string of the molecule is CCc1cc(=O)c(CNC(=O)c2cc(Cl)cc(N(CC)[C@H]3CC[C@H](N(C)C)CC3)c2C)c(OC)[nH]1. The third-order valence-corrected chi connectivity index (χ3v) is 7.46. The first-order chi connectivity index (χ1) is 16.7. The van der Waals surface area contributed by atoms with Gasteiger partial charge in [0.15, 0.2) is 11.3 Å². The number of amides is 1. The first-order valence-corrected chi connectivity index (χ1v) is 12.9. The van der Waals surface area contributed by atoms with Crippen LogP contribution in [-0.4, -0.2) is 55.6 Å². The monoisotopic (exact) mass is 502 g/mol. The van der Waals surface area contributed by atoms with Gasteiger partial charge in [-0.25, -0.2) is 0 Å². The van der Waals surface area contributed by atoms with Crippen LogP contribution in [0.1, 0.15) is 66.7 Å². The summed E-state index contributed by atoms with van der Waals surface area (Å²) in [5.74, 6) is 0.114. The molecule has 1 aromatic carbocycles. The van der Waals surface area contributed by atoms with E-state index in [-0.39, 0.29) is 17.9 Å². The van der Waals surface area contributed by atoms with Crippen molar-refractivity contribution in [2.45, 2.75) is 71.5 Å². The Bertz CT molecular complexity index is 1090. The molecule has 0 atom stereocenters. The van der Waals surface area contributed by atoms with Gasteiger partial charge in [-0.2, -0.15) is 0 Å². The van der Waals surface area contributed by atoms with Crippen LogP contribution in [0.5, 0.6) is 5.88 Å². The number of benzene rings is 1. The molecule has 1 aliphatic rings. The average molecular weight is 503 g/mol. The van der Waals surface area contributed by atoms with E-state index < -0.39 is 0 Å². The Morgan fingerprint density at radius 1 is 1.14 bits per heavy atom. The maximum Gasteiger partial charge on any atom is 0.251 e. The summed E-state index contributed by atoms with van der Waals surface area (Å²) in [6, 6.07) is 6.26. The maximum absolute atomic E-state index is 13.2. The van der Waals surface area contributed by atoms with Crippen molar-refractivity contribution in [2.75, 3.05) is 32.6 Å². The van der Waals surface area contributed by atoms with Crippen LogP contribution < -0.4 is 20.4 Å². The lowest BCUT2D eigenvalue weighted by Gasteiger charge is -2.40. The van der Waals surface area contributed by atoms with Crippen LogP contribution in [0.4, 0.5) is 5.69 Å². The summed E-state index contributed by atoms with van der Waals surface area (Å²) in [7, 11) is 5.81. The highest BCUT2D eigenvalue weighted by Crippen LogP contribution is 2.34. The van der Waals surface area contributed by atoms with Crippen LogP contribution >= 0.6 is 11.6 Å². The number of pyridine rings is 1. The third-order valence-electron chi connectivity index (χ3n) is 7.24. The zero-order valence-electron chi connectivity index (χ0n) is 21.8. The number of aryl methyl sites for hydroxylation is 1. The van der Waals surface area contributed by atoms with Gasteiger partial charge in [-0.3, -0.25) is 9.59 Å².